The molecule has 0 spiro atoms. The Morgan fingerprint density at radius 2 is 2.05 bits per heavy atom. The highest BCUT2D eigenvalue weighted by molar-refractivity contribution is 5.29. The zero-order valence-electron chi connectivity index (χ0n) is 12.1. The van der Waals surface area contributed by atoms with Crippen LogP contribution in [0.25, 0.3) is 0 Å². The van der Waals surface area contributed by atoms with Crippen LogP contribution in [0.3, 0.4) is 0 Å². The van der Waals surface area contributed by atoms with Gasteiger partial charge in [0.25, 0.3) is 0 Å². The number of ether oxygens (including phenoxy) is 1. The van der Waals surface area contributed by atoms with E-state index in [1.54, 1.807) is 12.7 Å². The zero-order valence-corrected chi connectivity index (χ0v) is 12.1. The van der Waals surface area contributed by atoms with Crippen molar-refractivity contribution in [3.05, 3.63) is 42.5 Å². The standard InChI is InChI=1S/C15H22N4O/c1-3-9-17-15(10-19-12-16-11-18-19)13-5-7-14(8-6-13)20-4-2/h5-8,11-12,15,17H,3-4,9-10H2,1-2H3. The van der Waals surface area contributed by atoms with E-state index in [1.807, 2.05) is 23.7 Å². The van der Waals surface area contributed by atoms with E-state index in [1.165, 1.54) is 5.56 Å². The molecule has 5 heteroatoms. The Morgan fingerprint density at radius 1 is 1.25 bits per heavy atom. The summed E-state index contributed by atoms with van der Waals surface area (Å²) in [4.78, 5) is 3.99. The summed E-state index contributed by atoms with van der Waals surface area (Å²) in [6, 6.07) is 8.47. The summed E-state index contributed by atoms with van der Waals surface area (Å²) in [5.74, 6) is 0.909. The molecule has 0 radical (unpaired) electrons. The summed E-state index contributed by atoms with van der Waals surface area (Å²) in [5.41, 5.74) is 1.23. The Bertz CT molecular complexity index is 481. The molecule has 1 aromatic carbocycles. The SMILES string of the molecule is CCCNC(Cn1cncn1)c1ccc(OCC)cc1. The molecule has 2 aromatic rings. The molecule has 0 aliphatic heterocycles. The third-order valence-electron chi connectivity index (χ3n) is 3.07. The van der Waals surface area contributed by atoms with Crippen molar-refractivity contribution < 1.29 is 4.74 Å². The van der Waals surface area contributed by atoms with Crippen molar-refractivity contribution >= 4 is 0 Å². The van der Waals surface area contributed by atoms with Crippen LogP contribution in [0, 0.1) is 0 Å². The molecular formula is C15H22N4O. The predicted octanol–water partition coefficient (Wildman–Crippen LogP) is 2.42. The van der Waals surface area contributed by atoms with Crippen molar-refractivity contribution in [3.63, 3.8) is 0 Å². The highest BCUT2D eigenvalue weighted by Crippen LogP contribution is 2.19. The molecule has 0 aliphatic carbocycles. The molecule has 20 heavy (non-hydrogen) atoms. The van der Waals surface area contributed by atoms with Gasteiger partial charge in [-0.25, -0.2) is 4.98 Å². The van der Waals surface area contributed by atoms with Crippen LogP contribution in [0.4, 0.5) is 0 Å². The third-order valence-corrected chi connectivity index (χ3v) is 3.07. The first kappa shape index (κ1) is 14.5. The highest BCUT2D eigenvalue weighted by Gasteiger charge is 2.12. The van der Waals surface area contributed by atoms with Gasteiger partial charge in [0.1, 0.15) is 18.4 Å². The van der Waals surface area contributed by atoms with Gasteiger partial charge in [0, 0.05) is 0 Å². The lowest BCUT2D eigenvalue weighted by Gasteiger charge is -2.19. The Hall–Kier alpha value is -1.88. The third kappa shape index (κ3) is 4.06. The molecule has 0 saturated heterocycles. The molecule has 0 aliphatic rings. The first-order valence-electron chi connectivity index (χ1n) is 7.12. The number of hydrogen-bond donors (Lipinski definition) is 1. The minimum atomic E-state index is 0.229. The maximum absolute atomic E-state index is 5.48. The maximum Gasteiger partial charge on any atom is 0.137 e. The number of nitrogens with zero attached hydrogens (tertiary/aromatic N) is 3. The second-order valence-electron chi connectivity index (χ2n) is 4.63. The fraction of sp³-hybridized carbons (Fsp3) is 0.467. The van der Waals surface area contributed by atoms with Crippen molar-refractivity contribution in [2.24, 2.45) is 0 Å². The average Bonchev–Trinajstić information content (AvgIpc) is 2.98. The molecule has 0 fully saturated rings. The van der Waals surface area contributed by atoms with Crippen molar-refractivity contribution in [3.8, 4) is 5.75 Å². The summed E-state index contributed by atoms with van der Waals surface area (Å²) in [5, 5.41) is 7.72. The van der Waals surface area contributed by atoms with Crippen molar-refractivity contribution in [2.45, 2.75) is 32.9 Å². The van der Waals surface area contributed by atoms with Crippen LogP contribution in [-0.4, -0.2) is 27.9 Å². The first-order chi connectivity index (χ1) is 9.83. The van der Waals surface area contributed by atoms with Crippen LogP contribution in [0.15, 0.2) is 36.9 Å². The van der Waals surface area contributed by atoms with Gasteiger partial charge in [-0.15, -0.1) is 0 Å². The van der Waals surface area contributed by atoms with Crippen LogP contribution in [0.2, 0.25) is 0 Å². The molecule has 0 saturated carbocycles. The lowest BCUT2D eigenvalue weighted by molar-refractivity contribution is 0.340. The Kier molecular flexibility index (Phi) is 5.55. The van der Waals surface area contributed by atoms with Crippen molar-refractivity contribution in [1.82, 2.24) is 20.1 Å². The Labute approximate surface area is 120 Å². The largest absolute Gasteiger partial charge is 0.494 e. The van der Waals surface area contributed by atoms with Gasteiger partial charge in [-0.2, -0.15) is 5.10 Å². The quantitative estimate of drug-likeness (QED) is 0.803. The Balaban J connectivity index is 2.08. The molecule has 1 unspecified atom stereocenters. The van der Waals surface area contributed by atoms with Gasteiger partial charge in [-0.3, -0.25) is 4.68 Å². The molecular weight excluding hydrogens is 252 g/mol. The van der Waals surface area contributed by atoms with Gasteiger partial charge in [0.15, 0.2) is 0 Å². The topological polar surface area (TPSA) is 52.0 Å². The minimum Gasteiger partial charge on any atom is -0.494 e. The monoisotopic (exact) mass is 274 g/mol. The fourth-order valence-corrected chi connectivity index (χ4v) is 2.08. The Morgan fingerprint density at radius 3 is 2.65 bits per heavy atom. The number of rotatable bonds is 8. The van der Waals surface area contributed by atoms with E-state index in [-0.39, 0.29) is 6.04 Å². The molecule has 0 amide bonds. The van der Waals surface area contributed by atoms with Crippen molar-refractivity contribution in [1.29, 1.82) is 0 Å². The van der Waals surface area contributed by atoms with Gasteiger partial charge in [-0.05, 0) is 37.6 Å². The molecule has 1 aromatic heterocycles. The maximum atomic E-state index is 5.48. The highest BCUT2D eigenvalue weighted by atomic mass is 16.5. The van der Waals surface area contributed by atoms with Crippen molar-refractivity contribution in [2.75, 3.05) is 13.2 Å². The number of nitrogens with one attached hydrogen (secondary N) is 1. The van der Waals surface area contributed by atoms with Gasteiger partial charge in [-0.1, -0.05) is 19.1 Å². The molecule has 1 atom stereocenters. The van der Waals surface area contributed by atoms with Crippen LogP contribution in [0.1, 0.15) is 31.9 Å². The van der Waals surface area contributed by atoms with Crippen LogP contribution < -0.4 is 10.1 Å². The fourth-order valence-electron chi connectivity index (χ4n) is 2.08. The normalized spacial score (nSPS) is 12.3. The van der Waals surface area contributed by atoms with E-state index in [9.17, 15) is 0 Å². The number of aromatic nitrogens is 3. The summed E-state index contributed by atoms with van der Waals surface area (Å²) < 4.78 is 7.33. The minimum absolute atomic E-state index is 0.229. The predicted molar refractivity (Wildman–Crippen MR) is 78.7 cm³/mol. The summed E-state index contributed by atoms with van der Waals surface area (Å²) in [6.07, 6.45) is 4.41. The van der Waals surface area contributed by atoms with E-state index in [2.05, 4.69) is 34.5 Å². The van der Waals surface area contributed by atoms with Crippen LogP contribution in [-0.2, 0) is 6.54 Å². The van der Waals surface area contributed by atoms with E-state index in [0.29, 0.717) is 6.61 Å². The van der Waals surface area contributed by atoms with E-state index < -0.39 is 0 Å². The number of benzene rings is 1. The van der Waals surface area contributed by atoms with E-state index in [4.69, 9.17) is 4.74 Å². The second-order valence-corrected chi connectivity index (χ2v) is 4.63. The lowest BCUT2D eigenvalue weighted by atomic mass is 10.1. The number of hydrogen-bond acceptors (Lipinski definition) is 4. The van der Waals surface area contributed by atoms with E-state index >= 15 is 0 Å². The lowest BCUT2D eigenvalue weighted by Crippen LogP contribution is -2.26. The second kappa shape index (κ2) is 7.65. The molecule has 1 N–H and O–H groups in total. The average molecular weight is 274 g/mol. The van der Waals surface area contributed by atoms with Gasteiger partial charge >= 0.3 is 0 Å². The van der Waals surface area contributed by atoms with Crippen LogP contribution in [0.5, 0.6) is 5.75 Å². The molecule has 108 valence electrons. The van der Waals surface area contributed by atoms with Gasteiger partial charge in [0.05, 0.1) is 19.2 Å². The molecule has 2 rings (SSSR count). The molecule has 5 nitrogen and oxygen atoms in total. The molecule has 0 bridgehead atoms. The zero-order chi connectivity index (χ0) is 14.2. The first-order valence-corrected chi connectivity index (χ1v) is 7.12. The summed E-state index contributed by atoms with van der Waals surface area (Å²) in [7, 11) is 0. The molecule has 1 heterocycles. The van der Waals surface area contributed by atoms with Crippen LogP contribution >= 0.6 is 0 Å². The summed E-state index contributed by atoms with van der Waals surface area (Å²) in [6.45, 7) is 6.60. The smallest absolute Gasteiger partial charge is 0.137 e. The van der Waals surface area contributed by atoms with E-state index in [0.717, 1.165) is 25.3 Å². The van der Waals surface area contributed by atoms with Gasteiger partial charge in [0.2, 0.25) is 0 Å². The van der Waals surface area contributed by atoms with Gasteiger partial charge < -0.3 is 10.1 Å². The summed E-state index contributed by atoms with van der Waals surface area (Å²) >= 11 is 0.